The van der Waals surface area contributed by atoms with E-state index in [1.54, 1.807) is 5.57 Å². The molecule has 1 aliphatic carbocycles. The normalized spacial score (nSPS) is 44.4. The fraction of sp³-hybridized carbons (Fsp3) is 0.667. The van der Waals surface area contributed by atoms with Crippen molar-refractivity contribution in [2.24, 2.45) is 17.3 Å². The lowest BCUT2D eigenvalue weighted by Gasteiger charge is -2.62. The molecule has 2 heteroatoms. The van der Waals surface area contributed by atoms with Gasteiger partial charge in [-0.25, -0.2) is 0 Å². The Labute approximate surface area is 196 Å². The Morgan fingerprint density at radius 2 is 1.56 bits per heavy atom. The van der Waals surface area contributed by atoms with Crippen LogP contribution in [0.3, 0.4) is 0 Å². The van der Waals surface area contributed by atoms with Crippen LogP contribution in [0.4, 0.5) is 0 Å². The van der Waals surface area contributed by atoms with Gasteiger partial charge in [0.05, 0.1) is 0 Å². The maximum absolute atomic E-state index is 2.94. The Hall–Kier alpha value is -1.38. The maximum atomic E-state index is 2.94. The van der Waals surface area contributed by atoms with Gasteiger partial charge in [-0.2, -0.15) is 0 Å². The first kappa shape index (κ1) is 22.4. The Bertz CT molecular complexity index is 772. The lowest BCUT2D eigenvalue weighted by molar-refractivity contribution is -0.102. The smallest absolute Gasteiger partial charge is 0.0310 e. The van der Waals surface area contributed by atoms with Crippen LogP contribution in [0.25, 0.3) is 0 Å². The Kier molecular flexibility index (Phi) is 7.49. The van der Waals surface area contributed by atoms with E-state index in [0.717, 1.165) is 30.7 Å². The minimum Gasteiger partial charge on any atom is -0.302 e. The third kappa shape index (κ3) is 5.07. The van der Waals surface area contributed by atoms with E-state index >= 15 is 0 Å². The number of fused-ring (bicyclic) bond motifs is 1. The van der Waals surface area contributed by atoms with E-state index in [-0.39, 0.29) is 0 Å². The molecule has 4 heterocycles. The van der Waals surface area contributed by atoms with Crippen LogP contribution < -0.4 is 0 Å². The van der Waals surface area contributed by atoms with Crippen LogP contribution in [0.15, 0.2) is 60.3 Å². The van der Waals surface area contributed by atoms with Gasteiger partial charge >= 0.3 is 0 Å². The first-order valence-corrected chi connectivity index (χ1v) is 13.6. The summed E-state index contributed by atoms with van der Waals surface area (Å²) < 4.78 is 0. The van der Waals surface area contributed by atoms with E-state index in [0.29, 0.717) is 5.41 Å². The highest BCUT2D eigenvalue weighted by Crippen LogP contribution is 2.55. The minimum atomic E-state index is 0.458. The zero-order valence-corrected chi connectivity index (χ0v) is 20.1. The second-order valence-corrected chi connectivity index (χ2v) is 11.1. The molecule has 1 spiro atoms. The second-order valence-electron chi connectivity index (χ2n) is 11.1. The molecule has 174 valence electrons. The summed E-state index contributed by atoms with van der Waals surface area (Å²) in [6.45, 7) is 6.49. The van der Waals surface area contributed by atoms with Gasteiger partial charge in [0.15, 0.2) is 0 Å². The molecule has 3 fully saturated rings. The number of hydrogen-bond donors (Lipinski definition) is 0. The molecule has 5 atom stereocenters. The molecule has 0 aromatic rings. The average Bonchev–Trinajstić information content (AvgIpc) is 2.84. The molecule has 0 N–H and O–H groups in total. The molecule has 32 heavy (non-hydrogen) atoms. The second kappa shape index (κ2) is 10.7. The molecule has 5 rings (SSSR count). The molecular formula is C30H44N2. The zero-order chi connectivity index (χ0) is 21.6. The molecule has 0 amide bonds. The fourth-order valence-corrected chi connectivity index (χ4v) is 7.44. The van der Waals surface area contributed by atoms with Crippen LogP contribution in [0, 0.1) is 17.3 Å². The largest absolute Gasteiger partial charge is 0.302 e. The Morgan fingerprint density at radius 3 is 2.50 bits per heavy atom. The van der Waals surface area contributed by atoms with Crippen molar-refractivity contribution < 1.29 is 0 Å². The van der Waals surface area contributed by atoms with Gasteiger partial charge in [0.25, 0.3) is 0 Å². The van der Waals surface area contributed by atoms with Gasteiger partial charge in [-0.15, -0.1) is 0 Å². The number of piperidine rings is 2. The quantitative estimate of drug-likeness (QED) is 0.394. The summed E-state index contributed by atoms with van der Waals surface area (Å²) in [6, 6.07) is 0.730. The van der Waals surface area contributed by atoms with Crippen molar-refractivity contribution >= 4 is 0 Å². The molecule has 1 saturated carbocycles. The van der Waals surface area contributed by atoms with Gasteiger partial charge in [-0.3, -0.25) is 4.90 Å². The van der Waals surface area contributed by atoms with Crippen molar-refractivity contribution in [3.8, 4) is 0 Å². The summed E-state index contributed by atoms with van der Waals surface area (Å²) in [6.07, 6.45) is 35.9. The van der Waals surface area contributed by atoms with Crippen molar-refractivity contribution in [3.05, 3.63) is 60.3 Å². The monoisotopic (exact) mass is 432 g/mol. The fourth-order valence-electron chi connectivity index (χ4n) is 7.44. The molecule has 2 saturated heterocycles. The van der Waals surface area contributed by atoms with E-state index in [1.165, 1.54) is 90.5 Å². The molecular weight excluding hydrogens is 388 g/mol. The molecule has 5 aliphatic rings. The van der Waals surface area contributed by atoms with Crippen molar-refractivity contribution in [3.63, 3.8) is 0 Å². The predicted octanol–water partition coefficient (Wildman–Crippen LogP) is 6.69. The number of allylic oxidation sites excluding steroid dienone is 8. The third-order valence-electron chi connectivity index (χ3n) is 8.91. The van der Waals surface area contributed by atoms with E-state index in [2.05, 4.69) is 64.5 Å². The molecule has 0 aromatic heterocycles. The number of hydrogen-bond acceptors (Lipinski definition) is 2. The zero-order valence-electron chi connectivity index (χ0n) is 20.1. The van der Waals surface area contributed by atoms with Crippen LogP contribution >= 0.6 is 0 Å². The highest BCUT2D eigenvalue weighted by Gasteiger charge is 2.55. The van der Waals surface area contributed by atoms with Crippen LogP contribution in [0.2, 0.25) is 0 Å². The van der Waals surface area contributed by atoms with Gasteiger partial charge in [-0.1, -0.05) is 60.3 Å². The van der Waals surface area contributed by atoms with Crippen molar-refractivity contribution in [2.75, 3.05) is 32.7 Å². The first-order valence-electron chi connectivity index (χ1n) is 13.6. The summed E-state index contributed by atoms with van der Waals surface area (Å²) in [7, 11) is 0. The highest BCUT2D eigenvalue weighted by molar-refractivity contribution is 5.24. The van der Waals surface area contributed by atoms with Crippen molar-refractivity contribution in [1.29, 1.82) is 0 Å². The molecule has 1 unspecified atom stereocenters. The van der Waals surface area contributed by atoms with Gasteiger partial charge in [-0.05, 0) is 89.0 Å². The van der Waals surface area contributed by atoms with Crippen LogP contribution in [0.5, 0.6) is 0 Å². The lowest BCUT2D eigenvalue weighted by atomic mass is 9.55. The third-order valence-corrected chi connectivity index (χ3v) is 8.91. The number of nitrogens with zero attached hydrogens (tertiary/aromatic N) is 2. The van der Waals surface area contributed by atoms with Gasteiger partial charge < -0.3 is 4.90 Å². The minimum absolute atomic E-state index is 0.458. The summed E-state index contributed by atoms with van der Waals surface area (Å²) in [5.41, 5.74) is 2.24. The lowest BCUT2D eigenvalue weighted by Crippen LogP contribution is -2.65. The van der Waals surface area contributed by atoms with E-state index in [4.69, 9.17) is 0 Å². The van der Waals surface area contributed by atoms with Crippen molar-refractivity contribution in [1.82, 2.24) is 9.80 Å². The highest BCUT2D eigenvalue weighted by atomic mass is 15.2. The van der Waals surface area contributed by atoms with E-state index < -0.39 is 0 Å². The molecule has 0 radical (unpaired) electrons. The molecule has 4 bridgehead atoms. The topological polar surface area (TPSA) is 6.48 Å². The van der Waals surface area contributed by atoms with Crippen LogP contribution in [0.1, 0.15) is 70.6 Å². The van der Waals surface area contributed by atoms with Crippen molar-refractivity contribution in [2.45, 2.75) is 76.7 Å². The standard InChI is InChI=1S/C30H44N2/c1-2-4-7-11-15-19-31-23-27-21-26-17-13-9-5-8-12-16-20-32-25-30(24-31,18-14-10-6-3-1)28(27)22-29(26)32/h1-2,5,7,9-11,14,17,27-29H,3-4,6,8,12-13,15-16,18-25H2/b2-1-,9-5-,11-7-,14-10+,26-17-/t27-,28+,29-,30-/m1/s1. The molecule has 2 nitrogen and oxygen atoms in total. The molecule has 4 aliphatic heterocycles. The molecule has 0 aromatic carbocycles. The summed E-state index contributed by atoms with van der Waals surface area (Å²) in [5, 5.41) is 0. The average molecular weight is 433 g/mol. The Balaban J connectivity index is 1.44. The predicted molar refractivity (Wildman–Crippen MR) is 137 cm³/mol. The van der Waals surface area contributed by atoms with Gasteiger partial charge in [0, 0.05) is 37.6 Å². The maximum Gasteiger partial charge on any atom is 0.0310 e. The van der Waals surface area contributed by atoms with E-state index in [1.807, 2.05) is 0 Å². The van der Waals surface area contributed by atoms with E-state index in [9.17, 15) is 0 Å². The summed E-state index contributed by atoms with van der Waals surface area (Å²) in [4.78, 5) is 5.80. The van der Waals surface area contributed by atoms with Crippen LogP contribution in [-0.2, 0) is 0 Å². The SMILES string of the molecule is C1=C\CC/C=C/C[C@@]23CN(CC/C=C\C/1)C[C@H]1C/C4=C/C/C=C\CCCCN(C2)[C@@H]4C[C@@H]13. The van der Waals surface area contributed by atoms with Gasteiger partial charge in [0.2, 0.25) is 0 Å². The first-order chi connectivity index (χ1) is 15.8. The Morgan fingerprint density at radius 1 is 0.750 bits per heavy atom. The summed E-state index contributed by atoms with van der Waals surface area (Å²) >= 11 is 0. The number of rotatable bonds is 0. The van der Waals surface area contributed by atoms with Gasteiger partial charge in [0.1, 0.15) is 0 Å². The van der Waals surface area contributed by atoms with Crippen LogP contribution in [-0.4, -0.2) is 48.6 Å². The summed E-state index contributed by atoms with van der Waals surface area (Å²) in [5.74, 6) is 1.77.